The van der Waals surface area contributed by atoms with Crippen molar-refractivity contribution in [1.82, 2.24) is 0 Å². The fourth-order valence-electron chi connectivity index (χ4n) is 2.79. The second-order valence-electron chi connectivity index (χ2n) is 4.99. The molecule has 1 aliphatic heterocycles. The van der Waals surface area contributed by atoms with Crippen LogP contribution in [0.25, 0.3) is 0 Å². The highest BCUT2D eigenvalue weighted by atomic mass is 16.1. The van der Waals surface area contributed by atoms with E-state index in [1.165, 1.54) is 30.5 Å². The highest BCUT2D eigenvalue weighted by Gasteiger charge is 2.31. The first-order valence-electron chi connectivity index (χ1n) is 6.18. The zero-order valence-electron chi connectivity index (χ0n) is 9.43. The van der Waals surface area contributed by atoms with E-state index in [2.05, 4.69) is 29.2 Å². The first-order valence-corrected chi connectivity index (χ1v) is 6.18. The molecule has 1 aliphatic carbocycles. The first kappa shape index (κ1) is 9.88. The highest BCUT2D eigenvalue weighted by Crippen LogP contribution is 2.35. The molecule has 84 valence electrons. The Bertz CT molecular complexity index is 397. The lowest BCUT2D eigenvalue weighted by molar-refractivity contribution is -0.108. The molecule has 1 atom stereocenters. The largest absolute Gasteiger partial charge is 0.361 e. The van der Waals surface area contributed by atoms with Crippen molar-refractivity contribution in [2.45, 2.75) is 31.7 Å². The van der Waals surface area contributed by atoms with Gasteiger partial charge in [0.05, 0.1) is 6.04 Å². The summed E-state index contributed by atoms with van der Waals surface area (Å²) in [7, 11) is 0. The average molecular weight is 215 g/mol. The first-order chi connectivity index (χ1) is 7.88. The van der Waals surface area contributed by atoms with Gasteiger partial charge in [0.2, 0.25) is 0 Å². The molecular formula is C14H17NO. The molecule has 1 unspecified atom stereocenters. The molecule has 1 saturated carbocycles. The summed E-state index contributed by atoms with van der Waals surface area (Å²) in [6.45, 7) is 1.07. The van der Waals surface area contributed by atoms with E-state index in [1.807, 2.05) is 0 Å². The summed E-state index contributed by atoms with van der Waals surface area (Å²) < 4.78 is 0. The molecule has 0 spiro atoms. The maximum absolute atomic E-state index is 11.1. The third-order valence-corrected chi connectivity index (χ3v) is 3.97. The number of hydrogen-bond donors (Lipinski definition) is 0. The molecule has 0 aromatic heterocycles. The molecule has 3 rings (SSSR count). The number of carbonyl (C=O) groups excluding carboxylic acids is 1. The van der Waals surface area contributed by atoms with Gasteiger partial charge in [-0.05, 0) is 30.4 Å². The molecule has 0 amide bonds. The third kappa shape index (κ3) is 1.53. The molecule has 0 radical (unpaired) electrons. The van der Waals surface area contributed by atoms with Crippen LogP contribution in [0.3, 0.4) is 0 Å². The van der Waals surface area contributed by atoms with E-state index >= 15 is 0 Å². The Morgan fingerprint density at radius 3 is 2.81 bits per heavy atom. The Hall–Kier alpha value is -1.31. The second kappa shape index (κ2) is 3.93. The second-order valence-corrected chi connectivity index (χ2v) is 4.99. The summed E-state index contributed by atoms with van der Waals surface area (Å²) in [5.41, 5.74) is 2.62. The van der Waals surface area contributed by atoms with Crippen LogP contribution in [0.5, 0.6) is 0 Å². The minimum atomic E-state index is 0.0815. The fraction of sp³-hybridized carbons (Fsp3) is 0.500. The Kier molecular flexibility index (Phi) is 2.43. The van der Waals surface area contributed by atoms with Crippen LogP contribution in [-0.2, 0) is 11.2 Å². The lowest BCUT2D eigenvalue weighted by atomic mass is 9.85. The summed E-state index contributed by atoms with van der Waals surface area (Å²) in [5.74, 6) is 0.814. The van der Waals surface area contributed by atoms with Gasteiger partial charge in [-0.2, -0.15) is 0 Å². The van der Waals surface area contributed by atoms with E-state index in [9.17, 15) is 4.79 Å². The number of fused-ring (bicyclic) bond motifs is 1. The van der Waals surface area contributed by atoms with Crippen LogP contribution in [0.4, 0.5) is 5.69 Å². The number of carbonyl (C=O) groups is 1. The molecule has 2 aliphatic rings. The van der Waals surface area contributed by atoms with Gasteiger partial charge < -0.3 is 9.69 Å². The van der Waals surface area contributed by atoms with Crippen LogP contribution in [0, 0.1) is 5.92 Å². The molecule has 1 fully saturated rings. The van der Waals surface area contributed by atoms with E-state index in [1.54, 1.807) is 0 Å². The van der Waals surface area contributed by atoms with Crippen LogP contribution in [0.2, 0.25) is 0 Å². The van der Waals surface area contributed by atoms with Gasteiger partial charge in [0.25, 0.3) is 0 Å². The predicted molar refractivity (Wildman–Crippen MR) is 64.7 cm³/mol. The number of anilines is 1. The van der Waals surface area contributed by atoms with Crippen molar-refractivity contribution in [3.05, 3.63) is 29.8 Å². The van der Waals surface area contributed by atoms with E-state index < -0.39 is 0 Å². The fourth-order valence-corrected chi connectivity index (χ4v) is 2.79. The summed E-state index contributed by atoms with van der Waals surface area (Å²) >= 11 is 0. The van der Waals surface area contributed by atoms with Crippen molar-refractivity contribution < 1.29 is 4.79 Å². The Balaban J connectivity index is 1.84. The lowest BCUT2D eigenvalue weighted by Gasteiger charge is -2.33. The van der Waals surface area contributed by atoms with Gasteiger partial charge in [-0.25, -0.2) is 0 Å². The minimum absolute atomic E-state index is 0.0815. The monoisotopic (exact) mass is 215 g/mol. The molecular weight excluding hydrogens is 198 g/mol. The van der Waals surface area contributed by atoms with Crippen molar-refractivity contribution in [3.8, 4) is 0 Å². The van der Waals surface area contributed by atoms with Crippen LogP contribution in [-0.4, -0.2) is 18.9 Å². The van der Waals surface area contributed by atoms with Gasteiger partial charge in [-0.15, -0.1) is 0 Å². The minimum Gasteiger partial charge on any atom is -0.361 e. The normalized spacial score (nSPS) is 24.0. The van der Waals surface area contributed by atoms with Crippen molar-refractivity contribution in [1.29, 1.82) is 0 Å². The van der Waals surface area contributed by atoms with Crippen molar-refractivity contribution >= 4 is 12.0 Å². The smallest absolute Gasteiger partial charge is 0.142 e. The third-order valence-electron chi connectivity index (χ3n) is 3.97. The Morgan fingerprint density at radius 2 is 2.12 bits per heavy atom. The lowest BCUT2D eigenvalue weighted by Crippen LogP contribution is -2.38. The molecule has 0 bridgehead atoms. The predicted octanol–water partition coefficient (Wildman–Crippen LogP) is 2.42. The Labute approximate surface area is 96.3 Å². The average Bonchev–Trinajstić information content (AvgIpc) is 2.61. The Morgan fingerprint density at radius 1 is 1.31 bits per heavy atom. The molecule has 16 heavy (non-hydrogen) atoms. The van der Waals surface area contributed by atoms with Gasteiger partial charge in [-0.3, -0.25) is 0 Å². The van der Waals surface area contributed by atoms with E-state index in [-0.39, 0.29) is 6.04 Å². The number of rotatable bonds is 3. The van der Waals surface area contributed by atoms with Gasteiger partial charge in [0.15, 0.2) is 0 Å². The van der Waals surface area contributed by atoms with Gasteiger partial charge in [0, 0.05) is 18.7 Å². The SMILES string of the molecule is O=CC1Cc2ccccc2N1CC1CCC1. The van der Waals surface area contributed by atoms with Crippen molar-refractivity contribution in [3.63, 3.8) is 0 Å². The molecule has 2 nitrogen and oxygen atoms in total. The van der Waals surface area contributed by atoms with E-state index in [0.29, 0.717) is 0 Å². The number of benzene rings is 1. The zero-order chi connectivity index (χ0) is 11.0. The maximum atomic E-state index is 11.1. The molecule has 2 heteroatoms. The van der Waals surface area contributed by atoms with Crippen molar-refractivity contribution in [2.24, 2.45) is 5.92 Å². The van der Waals surface area contributed by atoms with Gasteiger partial charge in [-0.1, -0.05) is 24.6 Å². The number of para-hydroxylation sites is 1. The zero-order valence-corrected chi connectivity index (χ0v) is 9.43. The molecule has 1 aromatic rings. The molecule has 1 aromatic carbocycles. The summed E-state index contributed by atoms with van der Waals surface area (Å²) in [6, 6.07) is 8.51. The molecule has 0 saturated heterocycles. The van der Waals surface area contributed by atoms with E-state index in [4.69, 9.17) is 0 Å². The van der Waals surface area contributed by atoms with Gasteiger partial charge >= 0.3 is 0 Å². The summed E-state index contributed by atoms with van der Waals surface area (Å²) in [5, 5.41) is 0. The topological polar surface area (TPSA) is 20.3 Å². The number of nitrogens with zero attached hydrogens (tertiary/aromatic N) is 1. The highest BCUT2D eigenvalue weighted by molar-refractivity contribution is 5.73. The van der Waals surface area contributed by atoms with Crippen LogP contribution >= 0.6 is 0 Å². The summed E-state index contributed by atoms with van der Waals surface area (Å²) in [6.07, 6.45) is 6.05. The molecule has 1 heterocycles. The standard InChI is InChI=1S/C14H17NO/c16-10-13-8-12-6-1-2-7-14(12)15(13)9-11-4-3-5-11/h1-2,6-7,10-11,13H,3-5,8-9H2. The number of hydrogen-bond acceptors (Lipinski definition) is 2. The van der Waals surface area contributed by atoms with E-state index in [0.717, 1.165) is 25.2 Å². The van der Waals surface area contributed by atoms with Crippen LogP contribution in [0.1, 0.15) is 24.8 Å². The van der Waals surface area contributed by atoms with Crippen LogP contribution < -0.4 is 4.90 Å². The molecule has 0 N–H and O–H groups in total. The quantitative estimate of drug-likeness (QED) is 0.722. The van der Waals surface area contributed by atoms with Crippen molar-refractivity contribution in [2.75, 3.05) is 11.4 Å². The summed E-state index contributed by atoms with van der Waals surface area (Å²) in [4.78, 5) is 13.4. The van der Waals surface area contributed by atoms with Gasteiger partial charge in [0.1, 0.15) is 6.29 Å². The van der Waals surface area contributed by atoms with Crippen LogP contribution in [0.15, 0.2) is 24.3 Å². The number of aldehydes is 1. The maximum Gasteiger partial charge on any atom is 0.142 e.